The summed E-state index contributed by atoms with van der Waals surface area (Å²) in [5.74, 6) is -0.511. The summed E-state index contributed by atoms with van der Waals surface area (Å²) in [7, 11) is 0. The van der Waals surface area contributed by atoms with Gasteiger partial charge < -0.3 is 14.2 Å². The number of hydrogen-bond acceptors (Lipinski definition) is 6. The number of amides is 1. The number of benzene rings is 1. The fraction of sp³-hybridized carbons (Fsp3) is 0.500. The third kappa shape index (κ3) is 4.84. The molecule has 1 aliphatic rings. The summed E-state index contributed by atoms with van der Waals surface area (Å²) >= 11 is 1.82. The number of carbonyl (C=O) groups excluding carboxylic acids is 1. The number of pyridine rings is 1. The first-order valence-electron chi connectivity index (χ1n) is 11.3. The van der Waals surface area contributed by atoms with E-state index in [4.69, 9.17) is 4.74 Å². The van der Waals surface area contributed by atoms with Gasteiger partial charge in [-0.25, -0.2) is 9.18 Å². The van der Waals surface area contributed by atoms with E-state index in [1.807, 2.05) is 10.7 Å². The molecule has 1 aliphatic heterocycles. The Balaban J connectivity index is 1.81. The number of aryl methyl sites for hydroxylation is 1. The predicted molar refractivity (Wildman–Crippen MR) is 135 cm³/mol. The van der Waals surface area contributed by atoms with Crippen LogP contribution in [0.4, 0.5) is 9.18 Å². The van der Waals surface area contributed by atoms with Crippen LogP contribution in [0, 0.1) is 24.1 Å². The van der Waals surface area contributed by atoms with Gasteiger partial charge in [0.15, 0.2) is 5.82 Å². The van der Waals surface area contributed by atoms with E-state index in [0.29, 0.717) is 45.7 Å². The van der Waals surface area contributed by atoms with Crippen LogP contribution in [-0.2, 0) is 15.9 Å². The molecule has 3 atom stereocenters. The lowest BCUT2D eigenvalue weighted by molar-refractivity contribution is 0.00565. The van der Waals surface area contributed by atoms with Crippen molar-refractivity contribution in [2.24, 2.45) is 0 Å². The van der Waals surface area contributed by atoms with Crippen LogP contribution in [0.1, 0.15) is 51.6 Å². The highest BCUT2D eigenvalue weighted by molar-refractivity contribution is 9.10. The molecule has 4 rings (SSSR count). The van der Waals surface area contributed by atoms with Gasteiger partial charge in [-0.2, -0.15) is 15.3 Å². The number of aromatic nitrogens is 3. The van der Waals surface area contributed by atoms with E-state index < -0.39 is 28.7 Å². The van der Waals surface area contributed by atoms with Crippen molar-refractivity contribution >= 4 is 55.0 Å². The molecule has 0 radical (unpaired) electrons. The van der Waals surface area contributed by atoms with Crippen LogP contribution in [0.25, 0.3) is 21.8 Å². The van der Waals surface area contributed by atoms with Crippen molar-refractivity contribution in [2.75, 3.05) is 12.8 Å². The van der Waals surface area contributed by atoms with E-state index in [-0.39, 0.29) is 29.0 Å². The molecule has 0 N–H and O–H groups in total. The number of rotatable bonds is 3. The van der Waals surface area contributed by atoms with Gasteiger partial charge in [-0.05, 0) is 68.1 Å². The zero-order chi connectivity index (χ0) is 25.7. The zero-order valence-corrected chi connectivity index (χ0v) is 22.7. The molecule has 0 spiro atoms. The number of hydrogen-bond donors (Lipinski definition) is 0. The lowest BCUT2D eigenvalue weighted by atomic mass is 9.95. The zero-order valence-electron chi connectivity index (χ0n) is 20.3. The van der Waals surface area contributed by atoms with Gasteiger partial charge in [-0.1, -0.05) is 0 Å². The van der Waals surface area contributed by atoms with Gasteiger partial charge in [-0.15, -0.1) is 0 Å². The first kappa shape index (κ1) is 25.7. The Morgan fingerprint density at radius 1 is 1.43 bits per heavy atom. The van der Waals surface area contributed by atoms with Gasteiger partial charge in [-0.3, -0.25) is 4.68 Å². The summed E-state index contributed by atoms with van der Waals surface area (Å²) in [5.41, 5.74) is 0.846. The van der Waals surface area contributed by atoms with Gasteiger partial charge in [0.05, 0.1) is 46.1 Å². The maximum Gasteiger partial charge on any atom is 0.410 e. The predicted octanol–water partition coefficient (Wildman–Crippen LogP) is 5.39. The van der Waals surface area contributed by atoms with Crippen LogP contribution in [0.2, 0.25) is 0 Å². The maximum absolute atomic E-state index is 15.2. The lowest BCUT2D eigenvalue weighted by Crippen LogP contribution is -2.48. The molecule has 1 fully saturated rings. The number of ether oxygens (including phenoxy) is 1. The second-order valence-corrected chi connectivity index (χ2v) is 11.9. The molecular weight excluding hydrogens is 537 g/mol. The maximum atomic E-state index is 15.2. The van der Waals surface area contributed by atoms with E-state index in [1.54, 1.807) is 38.8 Å². The summed E-state index contributed by atoms with van der Waals surface area (Å²) in [6.07, 6.45) is 3.90. The smallest absolute Gasteiger partial charge is 0.410 e. The number of fused-ring (bicyclic) bond motifs is 3. The third-order valence-electron chi connectivity index (χ3n) is 6.12. The molecule has 1 amide bonds. The van der Waals surface area contributed by atoms with Crippen molar-refractivity contribution < 1.29 is 18.5 Å². The molecule has 2 aromatic heterocycles. The average molecular weight is 564 g/mol. The molecule has 35 heavy (non-hydrogen) atoms. The SMILES string of the molecule is Cc1cc2c(nc([S+](C)[O-])c3cnn([C@H]4CCN(C(=O)OC(C)(C)C)[C@H](CC#N)C4)c32)c(F)c1Br. The number of piperidine rings is 1. The number of nitriles is 1. The largest absolute Gasteiger partial charge is 0.610 e. The van der Waals surface area contributed by atoms with Gasteiger partial charge in [0.1, 0.15) is 17.4 Å². The van der Waals surface area contributed by atoms with Gasteiger partial charge in [0.2, 0.25) is 0 Å². The van der Waals surface area contributed by atoms with E-state index >= 15 is 4.39 Å². The first-order chi connectivity index (χ1) is 16.4. The minimum absolute atomic E-state index is 0.127. The van der Waals surface area contributed by atoms with Crippen LogP contribution in [0.15, 0.2) is 21.8 Å². The Morgan fingerprint density at radius 2 is 2.14 bits per heavy atom. The second kappa shape index (κ2) is 9.56. The van der Waals surface area contributed by atoms with E-state index in [9.17, 15) is 14.6 Å². The molecule has 0 aliphatic carbocycles. The van der Waals surface area contributed by atoms with E-state index in [0.717, 1.165) is 0 Å². The fourth-order valence-corrected chi connectivity index (χ4v) is 5.57. The van der Waals surface area contributed by atoms with Crippen LogP contribution in [-0.4, -0.2) is 54.8 Å². The summed E-state index contributed by atoms with van der Waals surface area (Å²) < 4.78 is 35.4. The fourth-order valence-electron chi connectivity index (χ4n) is 4.59. The molecule has 0 bridgehead atoms. The van der Waals surface area contributed by atoms with Gasteiger partial charge in [0.25, 0.3) is 5.03 Å². The molecule has 8 nitrogen and oxygen atoms in total. The molecule has 1 unspecified atom stereocenters. The van der Waals surface area contributed by atoms with Crippen molar-refractivity contribution in [3.63, 3.8) is 0 Å². The molecule has 3 aromatic rings. The van der Waals surface area contributed by atoms with Crippen molar-refractivity contribution in [3.05, 3.63) is 28.1 Å². The molecular formula is C24H27BrFN5O3S. The monoisotopic (exact) mass is 563 g/mol. The topological polar surface area (TPSA) is 107 Å². The van der Waals surface area contributed by atoms with Crippen LogP contribution in [0.3, 0.4) is 0 Å². The Morgan fingerprint density at radius 3 is 2.77 bits per heavy atom. The van der Waals surface area contributed by atoms with Crippen molar-refractivity contribution in [1.82, 2.24) is 19.7 Å². The Labute approximate surface area is 214 Å². The Hall–Kier alpha value is -2.42. The van der Waals surface area contributed by atoms with Crippen LogP contribution < -0.4 is 0 Å². The van der Waals surface area contributed by atoms with Crippen LogP contribution in [0.5, 0.6) is 0 Å². The highest BCUT2D eigenvalue weighted by Gasteiger charge is 2.36. The molecule has 1 aromatic carbocycles. The normalized spacial score (nSPS) is 19.7. The molecule has 11 heteroatoms. The lowest BCUT2D eigenvalue weighted by Gasteiger charge is -2.39. The van der Waals surface area contributed by atoms with Crippen molar-refractivity contribution in [2.45, 2.75) is 69.7 Å². The highest BCUT2D eigenvalue weighted by atomic mass is 79.9. The molecule has 3 heterocycles. The number of halogens is 2. The first-order valence-corrected chi connectivity index (χ1v) is 13.6. The number of likely N-dealkylation sites (tertiary alicyclic amines) is 1. The second-order valence-electron chi connectivity index (χ2n) is 9.81. The Kier molecular flexibility index (Phi) is 7.01. The third-order valence-corrected chi connectivity index (χ3v) is 7.95. The molecule has 0 saturated carbocycles. The summed E-state index contributed by atoms with van der Waals surface area (Å²) in [6, 6.07) is 3.52. The van der Waals surface area contributed by atoms with Crippen LogP contribution >= 0.6 is 15.9 Å². The summed E-state index contributed by atoms with van der Waals surface area (Å²) in [4.78, 5) is 18.8. The minimum atomic E-state index is -1.46. The van der Waals surface area contributed by atoms with Crippen molar-refractivity contribution in [3.8, 4) is 6.07 Å². The van der Waals surface area contributed by atoms with E-state index in [2.05, 4.69) is 32.1 Å². The molecule has 1 saturated heterocycles. The van der Waals surface area contributed by atoms with Gasteiger partial charge in [0, 0.05) is 23.1 Å². The summed E-state index contributed by atoms with van der Waals surface area (Å²) in [5, 5.41) is 15.5. The standard InChI is InChI=1S/C24H27BrFN5O3S/c1-13-10-16-20(19(26)18(13)25)29-22(35(5)33)17-12-28-31(21(16)17)15-7-9-30(14(11-15)6-8-27)23(32)34-24(2,3)4/h10,12,14-15H,6-7,9,11H2,1-5H3/t14-,15+,35?/m1/s1. The Bertz CT molecular complexity index is 1350. The van der Waals surface area contributed by atoms with Crippen molar-refractivity contribution in [1.29, 1.82) is 5.26 Å². The quantitative estimate of drug-likeness (QED) is 0.395. The number of nitrogens with zero attached hydrogens (tertiary/aromatic N) is 5. The highest BCUT2D eigenvalue weighted by Crippen LogP contribution is 2.38. The summed E-state index contributed by atoms with van der Waals surface area (Å²) in [6.45, 7) is 7.61. The minimum Gasteiger partial charge on any atom is -0.610 e. The van der Waals surface area contributed by atoms with Gasteiger partial charge >= 0.3 is 6.09 Å². The van der Waals surface area contributed by atoms with E-state index in [1.165, 1.54) is 6.26 Å². The molecule has 186 valence electrons. The average Bonchev–Trinajstić information content (AvgIpc) is 3.21. The number of carbonyl (C=O) groups is 1.